The molecule has 5 nitrogen and oxygen atoms in total. The third kappa shape index (κ3) is 4.02. The maximum atomic E-state index is 12.1. The van der Waals surface area contributed by atoms with Gasteiger partial charge >= 0.3 is 0 Å². The van der Waals surface area contributed by atoms with Crippen molar-refractivity contribution in [1.82, 2.24) is 9.78 Å². The third-order valence-corrected chi connectivity index (χ3v) is 2.97. The number of nitrogens with zero attached hydrogens (tertiary/aromatic N) is 2. The molecule has 1 aromatic carbocycles. The van der Waals surface area contributed by atoms with Crippen molar-refractivity contribution in [2.45, 2.75) is 19.8 Å². The molecule has 21 heavy (non-hydrogen) atoms. The number of Topliss-reactive ketones (excluding diaryl/α,β-unsaturated/α-hetero) is 2. The molecule has 0 N–H and O–H groups in total. The highest BCUT2D eigenvalue weighted by Crippen LogP contribution is 2.14. The number of benzene rings is 1. The summed E-state index contributed by atoms with van der Waals surface area (Å²) in [4.78, 5) is 24.0. The standard InChI is InChI=1S/C16H18N2O3/c1-3-10-21-13-6-4-12(5-7-13)15(19)11-16(20)14-8-9-18(2)17-14/h4-9H,3,10-11H2,1-2H3. The Morgan fingerprint density at radius 2 is 1.86 bits per heavy atom. The molecule has 0 spiro atoms. The van der Waals surface area contributed by atoms with E-state index in [0.717, 1.165) is 12.2 Å². The lowest BCUT2D eigenvalue weighted by Crippen LogP contribution is -2.09. The van der Waals surface area contributed by atoms with Gasteiger partial charge in [-0.1, -0.05) is 6.92 Å². The molecular weight excluding hydrogens is 268 g/mol. The second-order valence-electron chi connectivity index (χ2n) is 4.77. The molecule has 0 saturated carbocycles. The maximum Gasteiger partial charge on any atom is 0.190 e. The van der Waals surface area contributed by atoms with Gasteiger partial charge in [-0.15, -0.1) is 0 Å². The van der Waals surface area contributed by atoms with Gasteiger partial charge < -0.3 is 4.74 Å². The van der Waals surface area contributed by atoms with E-state index in [9.17, 15) is 9.59 Å². The first-order valence-corrected chi connectivity index (χ1v) is 6.89. The Bertz CT molecular complexity index is 629. The van der Waals surface area contributed by atoms with E-state index in [1.54, 1.807) is 43.6 Å². The van der Waals surface area contributed by atoms with Crippen LogP contribution in [0.1, 0.15) is 40.6 Å². The van der Waals surface area contributed by atoms with Crippen LogP contribution in [0.4, 0.5) is 0 Å². The average Bonchev–Trinajstić information content (AvgIpc) is 2.92. The molecule has 0 unspecified atom stereocenters. The van der Waals surface area contributed by atoms with Crippen LogP contribution in [0.3, 0.4) is 0 Å². The van der Waals surface area contributed by atoms with E-state index in [1.807, 2.05) is 6.92 Å². The Balaban J connectivity index is 1.98. The molecule has 110 valence electrons. The van der Waals surface area contributed by atoms with Gasteiger partial charge in [0.1, 0.15) is 11.4 Å². The summed E-state index contributed by atoms with van der Waals surface area (Å²) in [6.45, 7) is 2.67. The fourth-order valence-electron chi connectivity index (χ4n) is 1.86. The lowest BCUT2D eigenvalue weighted by atomic mass is 10.0. The SMILES string of the molecule is CCCOc1ccc(C(=O)CC(=O)c2ccn(C)n2)cc1. The zero-order valence-corrected chi connectivity index (χ0v) is 12.2. The van der Waals surface area contributed by atoms with E-state index in [-0.39, 0.29) is 18.0 Å². The predicted molar refractivity (Wildman–Crippen MR) is 78.7 cm³/mol. The number of hydrogen-bond donors (Lipinski definition) is 0. The van der Waals surface area contributed by atoms with E-state index in [0.29, 0.717) is 17.9 Å². The van der Waals surface area contributed by atoms with Gasteiger partial charge in [0.25, 0.3) is 0 Å². The summed E-state index contributed by atoms with van der Waals surface area (Å²) < 4.78 is 6.99. The molecule has 0 amide bonds. The van der Waals surface area contributed by atoms with Crippen molar-refractivity contribution in [2.75, 3.05) is 6.61 Å². The molecule has 0 radical (unpaired) electrons. The second-order valence-corrected chi connectivity index (χ2v) is 4.77. The van der Waals surface area contributed by atoms with Crippen LogP contribution in [-0.4, -0.2) is 28.0 Å². The van der Waals surface area contributed by atoms with Crippen LogP contribution in [-0.2, 0) is 7.05 Å². The monoisotopic (exact) mass is 286 g/mol. The Morgan fingerprint density at radius 1 is 1.14 bits per heavy atom. The zero-order valence-electron chi connectivity index (χ0n) is 12.2. The fraction of sp³-hybridized carbons (Fsp3) is 0.312. The van der Waals surface area contributed by atoms with E-state index in [1.165, 1.54) is 4.68 Å². The Kier molecular flexibility index (Phi) is 4.87. The van der Waals surface area contributed by atoms with Gasteiger partial charge in [-0.05, 0) is 36.8 Å². The molecule has 2 rings (SSSR count). The number of carbonyl (C=O) groups excluding carboxylic acids is 2. The van der Waals surface area contributed by atoms with E-state index in [4.69, 9.17) is 4.74 Å². The van der Waals surface area contributed by atoms with Crippen molar-refractivity contribution in [3.8, 4) is 5.75 Å². The molecule has 1 aromatic heterocycles. The number of carbonyl (C=O) groups is 2. The van der Waals surface area contributed by atoms with Gasteiger partial charge in [0.2, 0.25) is 0 Å². The maximum absolute atomic E-state index is 12.1. The van der Waals surface area contributed by atoms with Crippen LogP contribution in [0.25, 0.3) is 0 Å². The van der Waals surface area contributed by atoms with Crippen LogP contribution < -0.4 is 4.74 Å². The quantitative estimate of drug-likeness (QED) is 0.580. The Hall–Kier alpha value is -2.43. The first-order valence-electron chi connectivity index (χ1n) is 6.89. The number of aryl methyl sites for hydroxylation is 1. The van der Waals surface area contributed by atoms with Crippen molar-refractivity contribution in [3.05, 3.63) is 47.8 Å². The van der Waals surface area contributed by atoms with E-state index >= 15 is 0 Å². The minimum atomic E-state index is -0.271. The summed E-state index contributed by atoms with van der Waals surface area (Å²) in [5.74, 6) is 0.240. The van der Waals surface area contributed by atoms with E-state index < -0.39 is 0 Å². The van der Waals surface area contributed by atoms with Crippen molar-refractivity contribution in [3.63, 3.8) is 0 Å². The van der Waals surface area contributed by atoms with Crippen LogP contribution >= 0.6 is 0 Å². The van der Waals surface area contributed by atoms with Gasteiger partial charge in [-0.2, -0.15) is 5.10 Å². The van der Waals surface area contributed by atoms with Gasteiger partial charge in [0, 0.05) is 18.8 Å². The Morgan fingerprint density at radius 3 is 2.43 bits per heavy atom. The fourth-order valence-corrected chi connectivity index (χ4v) is 1.86. The van der Waals surface area contributed by atoms with Crippen LogP contribution in [0.15, 0.2) is 36.5 Å². The highest BCUT2D eigenvalue weighted by atomic mass is 16.5. The van der Waals surface area contributed by atoms with Gasteiger partial charge in [0.15, 0.2) is 11.6 Å². The molecule has 5 heteroatoms. The molecule has 0 bridgehead atoms. The second kappa shape index (κ2) is 6.83. The van der Waals surface area contributed by atoms with Crippen molar-refractivity contribution in [1.29, 1.82) is 0 Å². The number of aromatic nitrogens is 2. The van der Waals surface area contributed by atoms with Crippen LogP contribution in [0.2, 0.25) is 0 Å². The summed E-state index contributed by atoms with van der Waals surface area (Å²) in [5.41, 5.74) is 0.817. The Labute approximate surface area is 123 Å². The number of ether oxygens (including phenoxy) is 1. The zero-order chi connectivity index (χ0) is 15.2. The highest BCUT2D eigenvalue weighted by Gasteiger charge is 2.15. The van der Waals surface area contributed by atoms with Crippen molar-refractivity contribution in [2.24, 2.45) is 7.05 Å². The van der Waals surface area contributed by atoms with Crippen LogP contribution in [0, 0.1) is 0 Å². The molecule has 0 saturated heterocycles. The first kappa shape index (κ1) is 15.0. The summed E-state index contributed by atoms with van der Waals surface area (Å²) >= 11 is 0. The number of rotatable bonds is 7. The van der Waals surface area contributed by atoms with Gasteiger partial charge in [-0.25, -0.2) is 0 Å². The molecule has 0 atom stereocenters. The summed E-state index contributed by atoms with van der Waals surface area (Å²) in [6, 6.07) is 8.46. The van der Waals surface area contributed by atoms with Gasteiger partial charge in [0.05, 0.1) is 13.0 Å². The molecule has 0 aliphatic carbocycles. The normalized spacial score (nSPS) is 10.4. The summed E-state index contributed by atoms with van der Waals surface area (Å²) in [6.07, 6.45) is 2.43. The molecule has 0 aliphatic heterocycles. The lowest BCUT2D eigenvalue weighted by molar-refractivity contribution is 0.0891. The molecule has 0 aliphatic rings. The molecule has 2 aromatic rings. The summed E-state index contributed by atoms with van der Waals surface area (Å²) in [5, 5.41) is 4.00. The first-order chi connectivity index (χ1) is 10.1. The third-order valence-electron chi connectivity index (χ3n) is 2.97. The average molecular weight is 286 g/mol. The molecule has 1 heterocycles. The number of hydrogen-bond acceptors (Lipinski definition) is 4. The van der Waals surface area contributed by atoms with Crippen molar-refractivity contribution >= 4 is 11.6 Å². The smallest absolute Gasteiger partial charge is 0.190 e. The largest absolute Gasteiger partial charge is 0.494 e. The molecular formula is C16H18N2O3. The highest BCUT2D eigenvalue weighted by molar-refractivity contribution is 6.12. The lowest BCUT2D eigenvalue weighted by Gasteiger charge is -2.05. The summed E-state index contributed by atoms with van der Waals surface area (Å²) in [7, 11) is 1.73. The van der Waals surface area contributed by atoms with E-state index in [2.05, 4.69) is 5.10 Å². The van der Waals surface area contributed by atoms with Crippen LogP contribution in [0.5, 0.6) is 5.75 Å². The van der Waals surface area contributed by atoms with Gasteiger partial charge in [-0.3, -0.25) is 14.3 Å². The molecule has 0 fully saturated rings. The topological polar surface area (TPSA) is 61.2 Å². The predicted octanol–water partition coefficient (Wildman–Crippen LogP) is 2.66. The minimum Gasteiger partial charge on any atom is -0.494 e. The van der Waals surface area contributed by atoms with Crippen molar-refractivity contribution < 1.29 is 14.3 Å². The minimum absolute atomic E-state index is 0.174. The number of ketones is 2.